The maximum absolute atomic E-state index is 10.3. The minimum Gasteiger partial charge on any atom is -0.386 e. The van der Waals surface area contributed by atoms with Crippen LogP contribution in [0.5, 0.6) is 0 Å². The number of aliphatic hydroxyl groups is 1. The van der Waals surface area contributed by atoms with Crippen LogP contribution >= 0.6 is 0 Å². The highest BCUT2D eigenvalue weighted by Crippen LogP contribution is 2.39. The molecule has 1 aromatic rings. The van der Waals surface area contributed by atoms with E-state index < -0.39 is 6.10 Å². The molecule has 2 unspecified atom stereocenters. The molecule has 1 aromatic carbocycles. The number of hydrogen-bond donors (Lipinski definition) is 1. The van der Waals surface area contributed by atoms with E-state index in [0.717, 1.165) is 5.56 Å². The van der Waals surface area contributed by atoms with Gasteiger partial charge in [0, 0.05) is 6.61 Å². The van der Waals surface area contributed by atoms with Gasteiger partial charge in [-0.05, 0) is 38.2 Å². The summed E-state index contributed by atoms with van der Waals surface area (Å²) in [6.45, 7) is 4.71. The summed E-state index contributed by atoms with van der Waals surface area (Å²) >= 11 is 0. The highest BCUT2D eigenvalue weighted by Gasteiger charge is 2.37. The number of aryl methyl sites for hydroxylation is 1. The van der Waals surface area contributed by atoms with Crippen LogP contribution in [0.15, 0.2) is 24.3 Å². The standard InChI is InChI=1S/C14H20O2/c1-3-16-14(12-8-9-12)13(15)11-6-4-10(2)5-7-11/h4-7,12-15H,3,8-9H2,1-2H3. The summed E-state index contributed by atoms with van der Waals surface area (Å²) in [5.74, 6) is 0.552. The summed E-state index contributed by atoms with van der Waals surface area (Å²) in [5, 5.41) is 10.3. The summed E-state index contributed by atoms with van der Waals surface area (Å²) in [4.78, 5) is 0. The van der Waals surface area contributed by atoms with Crippen LogP contribution in [-0.2, 0) is 4.74 Å². The average Bonchev–Trinajstić information content (AvgIpc) is 3.10. The molecule has 0 aromatic heterocycles. The van der Waals surface area contributed by atoms with Crippen LogP contribution in [0.2, 0.25) is 0 Å². The Kier molecular flexibility index (Phi) is 3.62. The van der Waals surface area contributed by atoms with Crippen LogP contribution in [0.25, 0.3) is 0 Å². The van der Waals surface area contributed by atoms with Crippen molar-refractivity contribution in [3.05, 3.63) is 35.4 Å². The van der Waals surface area contributed by atoms with Gasteiger partial charge in [0.05, 0.1) is 6.10 Å². The van der Waals surface area contributed by atoms with Crippen molar-refractivity contribution < 1.29 is 9.84 Å². The zero-order valence-corrected chi connectivity index (χ0v) is 10.0. The highest BCUT2D eigenvalue weighted by atomic mass is 16.5. The third kappa shape index (κ3) is 2.63. The molecule has 88 valence electrons. The number of benzene rings is 1. The second-order valence-electron chi connectivity index (χ2n) is 4.61. The van der Waals surface area contributed by atoms with Crippen LogP contribution in [-0.4, -0.2) is 17.8 Å². The fraction of sp³-hybridized carbons (Fsp3) is 0.571. The number of aliphatic hydroxyl groups excluding tert-OH is 1. The SMILES string of the molecule is CCOC(C1CC1)C(O)c1ccc(C)cc1. The van der Waals surface area contributed by atoms with E-state index in [1.807, 2.05) is 31.2 Å². The van der Waals surface area contributed by atoms with Gasteiger partial charge in [-0.25, -0.2) is 0 Å². The molecule has 1 fully saturated rings. The van der Waals surface area contributed by atoms with Crippen molar-refractivity contribution in [1.82, 2.24) is 0 Å². The van der Waals surface area contributed by atoms with E-state index >= 15 is 0 Å². The molecular formula is C14H20O2. The Morgan fingerprint density at radius 3 is 2.44 bits per heavy atom. The first-order valence-electron chi connectivity index (χ1n) is 6.08. The summed E-state index contributed by atoms with van der Waals surface area (Å²) in [5.41, 5.74) is 2.19. The largest absolute Gasteiger partial charge is 0.386 e. The Bertz CT molecular complexity index is 327. The van der Waals surface area contributed by atoms with Crippen LogP contribution in [0.1, 0.15) is 37.0 Å². The molecule has 1 saturated carbocycles. The lowest BCUT2D eigenvalue weighted by molar-refractivity contribution is -0.0461. The lowest BCUT2D eigenvalue weighted by Crippen LogP contribution is -2.24. The number of ether oxygens (including phenoxy) is 1. The van der Waals surface area contributed by atoms with Crippen molar-refractivity contribution in [2.75, 3.05) is 6.61 Å². The minimum absolute atomic E-state index is 0.0206. The molecule has 2 atom stereocenters. The van der Waals surface area contributed by atoms with Crippen LogP contribution in [0, 0.1) is 12.8 Å². The summed E-state index contributed by atoms with van der Waals surface area (Å²) in [6, 6.07) is 8.06. The van der Waals surface area contributed by atoms with Crippen LogP contribution in [0.3, 0.4) is 0 Å². The third-order valence-corrected chi connectivity index (χ3v) is 3.18. The Labute approximate surface area is 97.3 Å². The van der Waals surface area contributed by atoms with Gasteiger partial charge in [-0.2, -0.15) is 0 Å². The third-order valence-electron chi connectivity index (χ3n) is 3.18. The van der Waals surface area contributed by atoms with Gasteiger partial charge in [-0.3, -0.25) is 0 Å². The molecule has 0 bridgehead atoms. The molecular weight excluding hydrogens is 200 g/mol. The van der Waals surface area contributed by atoms with E-state index in [2.05, 4.69) is 6.92 Å². The van der Waals surface area contributed by atoms with Crippen molar-refractivity contribution in [3.63, 3.8) is 0 Å². The van der Waals surface area contributed by atoms with Crippen molar-refractivity contribution in [1.29, 1.82) is 0 Å². The van der Waals surface area contributed by atoms with E-state index in [9.17, 15) is 5.11 Å². The molecule has 1 aliphatic carbocycles. The van der Waals surface area contributed by atoms with Gasteiger partial charge in [0.1, 0.15) is 6.10 Å². The normalized spacial score (nSPS) is 19.4. The Hall–Kier alpha value is -0.860. The number of rotatable bonds is 5. The van der Waals surface area contributed by atoms with E-state index in [-0.39, 0.29) is 6.10 Å². The molecule has 0 radical (unpaired) electrons. The monoisotopic (exact) mass is 220 g/mol. The lowest BCUT2D eigenvalue weighted by atomic mass is 10.00. The fourth-order valence-electron chi connectivity index (χ4n) is 2.06. The van der Waals surface area contributed by atoms with Crippen LogP contribution in [0.4, 0.5) is 0 Å². The molecule has 0 aliphatic heterocycles. The topological polar surface area (TPSA) is 29.5 Å². The molecule has 2 nitrogen and oxygen atoms in total. The van der Waals surface area contributed by atoms with Crippen molar-refractivity contribution in [3.8, 4) is 0 Å². The Morgan fingerprint density at radius 1 is 1.31 bits per heavy atom. The first-order valence-corrected chi connectivity index (χ1v) is 6.08. The van der Waals surface area contributed by atoms with Gasteiger partial charge in [-0.15, -0.1) is 0 Å². The number of hydrogen-bond acceptors (Lipinski definition) is 2. The Morgan fingerprint density at radius 2 is 1.94 bits per heavy atom. The molecule has 16 heavy (non-hydrogen) atoms. The summed E-state index contributed by atoms with van der Waals surface area (Å²) < 4.78 is 5.66. The molecule has 1 N–H and O–H groups in total. The molecule has 2 heteroatoms. The maximum Gasteiger partial charge on any atom is 0.105 e. The van der Waals surface area contributed by atoms with Crippen molar-refractivity contribution in [2.45, 2.75) is 38.9 Å². The fourth-order valence-corrected chi connectivity index (χ4v) is 2.06. The zero-order chi connectivity index (χ0) is 11.5. The highest BCUT2D eigenvalue weighted by molar-refractivity contribution is 5.24. The predicted molar refractivity (Wildman–Crippen MR) is 64.3 cm³/mol. The van der Waals surface area contributed by atoms with Gasteiger partial charge < -0.3 is 9.84 Å². The maximum atomic E-state index is 10.3. The van der Waals surface area contributed by atoms with Crippen LogP contribution < -0.4 is 0 Å². The first-order chi connectivity index (χ1) is 7.72. The molecule has 0 amide bonds. The van der Waals surface area contributed by atoms with Gasteiger partial charge in [0.2, 0.25) is 0 Å². The summed E-state index contributed by atoms with van der Waals surface area (Å²) in [6.07, 6.45) is 1.88. The molecule has 0 saturated heterocycles. The van der Waals surface area contributed by atoms with Gasteiger partial charge in [0.15, 0.2) is 0 Å². The Balaban J connectivity index is 2.08. The van der Waals surface area contributed by atoms with Gasteiger partial charge >= 0.3 is 0 Å². The van der Waals surface area contributed by atoms with Crippen molar-refractivity contribution >= 4 is 0 Å². The van der Waals surface area contributed by atoms with Crippen molar-refractivity contribution in [2.24, 2.45) is 5.92 Å². The molecule has 1 aliphatic rings. The lowest BCUT2D eigenvalue weighted by Gasteiger charge is -2.23. The predicted octanol–water partition coefficient (Wildman–Crippen LogP) is 2.84. The molecule has 2 rings (SSSR count). The average molecular weight is 220 g/mol. The summed E-state index contributed by atoms with van der Waals surface area (Å²) in [7, 11) is 0. The quantitative estimate of drug-likeness (QED) is 0.826. The zero-order valence-electron chi connectivity index (χ0n) is 10.0. The van der Waals surface area contributed by atoms with Gasteiger partial charge in [-0.1, -0.05) is 29.8 Å². The molecule has 0 heterocycles. The second-order valence-corrected chi connectivity index (χ2v) is 4.61. The second kappa shape index (κ2) is 4.98. The van der Waals surface area contributed by atoms with Gasteiger partial charge in [0.25, 0.3) is 0 Å². The van der Waals surface area contributed by atoms with E-state index in [4.69, 9.17) is 4.74 Å². The van der Waals surface area contributed by atoms with E-state index in [1.54, 1.807) is 0 Å². The first kappa shape index (κ1) is 11.6. The molecule has 0 spiro atoms. The van der Waals surface area contributed by atoms with E-state index in [1.165, 1.54) is 18.4 Å². The minimum atomic E-state index is -0.479. The smallest absolute Gasteiger partial charge is 0.105 e. The van der Waals surface area contributed by atoms with E-state index in [0.29, 0.717) is 12.5 Å².